The molecule has 19 heavy (non-hydrogen) atoms. The van der Waals surface area contributed by atoms with Crippen molar-refractivity contribution in [2.24, 2.45) is 5.92 Å². The third-order valence-corrected chi connectivity index (χ3v) is 3.73. The van der Waals surface area contributed by atoms with Crippen molar-refractivity contribution in [3.8, 4) is 5.75 Å². The minimum Gasteiger partial charge on any atom is -0.494 e. The van der Waals surface area contributed by atoms with Crippen molar-refractivity contribution in [2.75, 3.05) is 13.7 Å². The van der Waals surface area contributed by atoms with Gasteiger partial charge in [0.2, 0.25) is 0 Å². The number of aliphatic hydroxyl groups excluding tert-OH is 1. The second-order valence-electron chi connectivity index (χ2n) is 5.29. The molecule has 1 aliphatic rings. The zero-order valence-corrected chi connectivity index (χ0v) is 11.4. The largest absolute Gasteiger partial charge is 0.494 e. The molecule has 2 N–H and O–H groups in total. The topological polar surface area (TPSA) is 41.5 Å². The van der Waals surface area contributed by atoms with E-state index in [0.717, 1.165) is 31.4 Å². The van der Waals surface area contributed by atoms with Gasteiger partial charge < -0.3 is 15.2 Å². The maximum atomic E-state index is 13.5. The van der Waals surface area contributed by atoms with Crippen molar-refractivity contribution in [3.05, 3.63) is 29.6 Å². The van der Waals surface area contributed by atoms with Crippen molar-refractivity contribution in [1.82, 2.24) is 5.32 Å². The van der Waals surface area contributed by atoms with E-state index in [9.17, 15) is 9.50 Å². The number of rotatable bonds is 5. The van der Waals surface area contributed by atoms with Crippen LogP contribution in [0.25, 0.3) is 0 Å². The first-order valence-electron chi connectivity index (χ1n) is 6.90. The smallest absolute Gasteiger partial charge is 0.165 e. The molecule has 0 amide bonds. The van der Waals surface area contributed by atoms with E-state index in [4.69, 9.17) is 4.74 Å². The van der Waals surface area contributed by atoms with Crippen LogP contribution in [0.1, 0.15) is 31.2 Å². The first kappa shape index (κ1) is 14.3. The van der Waals surface area contributed by atoms with Gasteiger partial charge in [-0.2, -0.15) is 0 Å². The van der Waals surface area contributed by atoms with Gasteiger partial charge in [0, 0.05) is 6.54 Å². The van der Waals surface area contributed by atoms with Gasteiger partial charge in [-0.1, -0.05) is 12.5 Å². The summed E-state index contributed by atoms with van der Waals surface area (Å²) < 4.78 is 18.4. The normalized spacial score (nSPS) is 23.3. The van der Waals surface area contributed by atoms with E-state index in [1.807, 2.05) is 6.07 Å². The molecule has 2 unspecified atom stereocenters. The minimum absolute atomic E-state index is 0.140. The van der Waals surface area contributed by atoms with Crippen LogP contribution in [-0.2, 0) is 6.54 Å². The monoisotopic (exact) mass is 267 g/mol. The fourth-order valence-corrected chi connectivity index (χ4v) is 2.69. The lowest BCUT2D eigenvalue weighted by atomic mass is 9.87. The molecule has 0 radical (unpaired) electrons. The summed E-state index contributed by atoms with van der Waals surface area (Å²) in [5, 5.41) is 12.9. The quantitative estimate of drug-likeness (QED) is 0.861. The van der Waals surface area contributed by atoms with Crippen LogP contribution in [0.2, 0.25) is 0 Å². The Balaban J connectivity index is 1.77. The van der Waals surface area contributed by atoms with Crippen LogP contribution in [0.4, 0.5) is 4.39 Å². The standard InChI is InChI=1S/C15H22FNO2/c1-19-15-6-5-12(8-14(15)16)10-17-9-11-3-2-4-13(18)7-11/h5-6,8,11,13,17-18H,2-4,7,9-10H2,1H3. The summed E-state index contributed by atoms with van der Waals surface area (Å²) in [5.41, 5.74) is 0.912. The molecule has 1 saturated carbocycles. The Morgan fingerprint density at radius 1 is 1.42 bits per heavy atom. The Kier molecular flexibility index (Phi) is 5.16. The maximum absolute atomic E-state index is 13.5. The highest BCUT2D eigenvalue weighted by Crippen LogP contribution is 2.23. The van der Waals surface area contributed by atoms with Crippen molar-refractivity contribution < 1.29 is 14.2 Å². The SMILES string of the molecule is COc1ccc(CNCC2CCCC(O)C2)cc1F. The zero-order valence-electron chi connectivity index (χ0n) is 11.4. The highest BCUT2D eigenvalue weighted by atomic mass is 19.1. The predicted octanol–water partition coefficient (Wildman–Crippen LogP) is 2.48. The molecule has 4 heteroatoms. The van der Waals surface area contributed by atoms with Gasteiger partial charge in [0.25, 0.3) is 0 Å². The number of halogens is 1. The highest BCUT2D eigenvalue weighted by molar-refractivity contribution is 5.29. The Hall–Kier alpha value is -1.13. The van der Waals surface area contributed by atoms with E-state index in [1.54, 1.807) is 6.07 Å². The van der Waals surface area contributed by atoms with Crippen molar-refractivity contribution in [2.45, 2.75) is 38.3 Å². The van der Waals surface area contributed by atoms with Gasteiger partial charge >= 0.3 is 0 Å². The summed E-state index contributed by atoms with van der Waals surface area (Å²) in [5.74, 6) is 0.487. The molecule has 2 rings (SSSR count). The molecule has 0 bridgehead atoms. The van der Waals surface area contributed by atoms with Gasteiger partial charge in [-0.15, -0.1) is 0 Å². The maximum Gasteiger partial charge on any atom is 0.165 e. The van der Waals surface area contributed by atoms with E-state index >= 15 is 0 Å². The summed E-state index contributed by atoms with van der Waals surface area (Å²) in [4.78, 5) is 0. The second kappa shape index (κ2) is 6.87. The molecule has 0 spiro atoms. The van der Waals surface area contributed by atoms with E-state index in [0.29, 0.717) is 12.5 Å². The molecule has 1 aromatic rings. The van der Waals surface area contributed by atoms with Crippen LogP contribution in [0.5, 0.6) is 5.75 Å². The van der Waals surface area contributed by atoms with Gasteiger partial charge in [-0.3, -0.25) is 0 Å². The summed E-state index contributed by atoms with van der Waals surface area (Å²) in [7, 11) is 1.46. The number of methoxy groups -OCH3 is 1. The number of hydrogen-bond donors (Lipinski definition) is 2. The summed E-state index contributed by atoms with van der Waals surface area (Å²) >= 11 is 0. The van der Waals surface area contributed by atoms with Gasteiger partial charge in [0.05, 0.1) is 13.2 Å². The molecule has 2 atom stereocenters. The second-order valence-corrected chi connectivity index (χ2v) is 5.29. The average molecular weight is 267 g/mol. The van der Waals surface area contributed by atoms with Crippen molar-refractivity contribution in [1.29, 1.82) is 0 Å². The van der Waals surface area contributed by atoms with Crippen molar-refractivity contribution >= 4 is 0 Å². The summed E-state index contributed by atoms with van der Waals surface area (Å²) in [6.07, 6.45) is 3.94. The first-order valence-corrected chi connectivity index (χ1v) is 6.90. The highest BCUT2D eigenvalue weighted by Gasteiger charge is 2.19. The van der Waals surface area contributed by atoms with Gasteiger partial charge in [0.1, 0.15) is 0 Å². The number of hydrogen-bond acceptors (Lipinski definition) is 3. The Labute approximate surface area is 113 Å². The van der Waals surface area contributed by atoms with E-state index in [1.165, 1.54) is 19.6 Å². The number of benzene rings is 1. The zero-order chi connectivity index (χ0) is 13.7. The first-order chi connectivity index (χ1) is 9.19. The number of aliphatic hydroxyl groups is 1. The average Bonchev–Trinajstić information content (AvgIpc) is 2.39. The van der Waals surface area contributed by atoms with Crippen LogP contribution in [0, 0.1) is 11.7 Å². The molecule has 1 aromatic carbocycles. The molecule has 0 aromatic heterocycles. The summed E-state index contributed by atoms with van der Waals surface area (Å²) in [6, 6.07) is 5.02. The minimum atomic E-state index is -0.324. The van der Waals surface area contributed by atoms with Crippen LogP contribution in [0.15, 0.2) is 18.2 Å². The molecule has 3 nitrogen and oxygen atoms in total. The van der Waals surface area contributed by atoms with Crippen molar-refractivity contribution in [3.63, 3.8) is 0 Å². The third kappa shape index (κ3) is 4.18. The van der Waals surface area contributed by atoms with Gasteiger partial charge in [0.15, 0.2) is 11.6 Å². The molecule has 0 saturated heterocycles. The number of ether oxygens (including phenoxy) is 1. The Morgan fingerprint density at radius 3 is 2.95 bits per heavy atom. The van der Waals surface area contributed by atoms with Gasteiger partial charge in [-0.25, -0.2) is 4.39 Å². The van der Waals surface area contributed by atoms with E-state index in [-0.39, 0.29) is 17.7 Å². The number of nitrogens with one attached hydrogen (secondary N) is 1. The molecule has 0 heterocycles. The molecule has 1 fully saturated rings. The Morgan fingerprint density at radius 2 is 2.26 bits per heavy atom. The molecule has 106 valence electrons. The third-order valence-electron chi connectivity index (χ3n) is 3.73. The van der Waals surface area contributed by atoms with E-state index < -0.39 is 0 Å². The van der Waals surface area contributed by atoms with Crippen LogP contribution in [0.3, 0.4) is 0 Å². The fraction of sp³-hybridized carbons (Fsp3) is 0.600. The Bertz CT molecular complexity index is 411. The van der Waals surface area contributed by atoms with Crippen LogP contribution < -0.4 is 10.1 Å². The molecule has 0 aliphatic heterocycles. The van der Waals surface area contributed by atoms with E-state index in [2.05, 4.69) is 5.32 Å². The fourth-order valence-electron chi connectivity index (χ4n) is 2.69. The molecule has 1 aliphatic carbocycles. The molecular formula is C15H22FNO2. The predicted molar refractivity (Wildman–Crippen MR) is 72.6 cm³/mol. The van der Waals surface area contributed by atoms with Gasteiger partial charge in [-0.05, 0) is 49.4 Å². The lowest BCUT2D eigenvalue weighted by Gasteiger charge is -2.26. The van der Waals surface area contributed by atoms with Crippen LogP contribution in [-0.4, -0.2) is 24.9 Å². The lowest BCUT2D eigenvalue weighted by Crippen LogP contribution is -2.28. The summed E-state index contributed by atoms with van der Waals surface area (Å²) in [6.45, 7) is 1.53. The lowest BCUT2D eigenvalue weighted by molar-refractivity contribution is 0.101. The van der Waals surface area contributed by atoms with Crippen LogP contribution >= 0.6 is 0 Å². The molecular weight excluding hydrogens is 245 g/mol.